The van der Waals surface area contributed by atoms with Gasteiger partial charge in [0.15, 0.2) is 4.34 Å². The lowest BCUT2D eigenvalue weighted by Crippen LogP contribution is -2.10. The summed E-state index contributed by atoms with van der Waals surface area (Å²) in [7, 11) is 0. The zero-order valence-corrected chi connectivity index (χ0v) is 11.6. The van der Waals surface area contributed by atoms with E-state index in [4.69, 9.17) is 5.11 Å². The molecule has 1 unspecified atom stereocenters. The molecule has 2 rings (SSSR count). The molecule has 1 aromatic heterocycles. The van der Waals surface area contributed by atoms with Gasteiger partial charge in [-0.25, -0.2) is 4.98 Å². The van der Waals surface area contributed by atoms with Crippen molar-refractivity contribution < 1.29 is 9.90 Å². The van der Waals surface area contributed by atoms with E-state index >= 15 is 0 Å². The van der Waals surface area contributed by atoms with Crippen molar-refractivity contribution >= 4 is 39.3 Å². The third-order valence-electron chi connectivity index (χ3n) is 1.90. The van der Waals surface area contributed by atoms with Crippen molar-refractivity contribution in [2.75, 3.05) is 0 Å². The van der Waals surface area contributed by atoms with Crippen LogP contribution in [0.3, 0.4) is 0 Å². The summed E-state index contributed by atoms with van der Waals surface area (Å²) in [6.45, 7) is 5.67. The summed E-state index contributed by atoms with van der Waals surface area (Å²) in [5.74, 6) is -0.806. The topological polar surface area (TPSA) is 50.2 Å². The molecule has 92 valence electrons. The fourth-order valence-electron chi connectivity index (χ4n) is 1.10. The number of fused-ring (bicyclic) bond motifs is 1. The Kier molecular flexibility index (Phi) is 5.44. The third kappa shape index (κ3) is 3.71. The van der Waals surface area contributed by atoms with Crippen LogP contribution in [0, 0.1) is 0 Å². The number of rotatable bonds is 3. The molecular formula is C12H15NO2S2. The third-order valence-corrected chi connectivity index (χ3v) is 4.12. The molecule has 0 bridgehead atoms. The van der Waals surface area contributed by atoms with E-state index in [-0.39, 0.29) is 0 Å². The molecule has 0 aliphatic heterocycles. The Morgan fingerprint density at radius 2 is 2.06 bits per heavy atom. The van der Waals surface area contributed by atoms with Gasteiger partial charge in [-0.1, -0.05) is 37.7 Å². The molecular weight excluding hydrogens is 254 g/mol. The molecule has 1 aromatic carbocycles. The van der Waals surface area contributed by atoms with Gasteiger partial charge in [-0.05, 0) is 19.1 Å². The molecule has 0 fully saturated rings. The summed E-state index contributed by atoms with van der Waals surface area (Å²) in [5.41, 5.74) is 0.933. The highest BCUT2D eigenvalue weighted by molar-refractivity contribution is 8.02. The predicted octanol–water partition coefficient (Wildman–Crippen LogP) is 3.89. The van der Waals surface area contributed by atoms with Crippen LogP contribution in [0.2, 0.25) is 0 Å². The number of para-hydroxylation sites is 1. The minimum Gasteiger partial charge on any atom is -0.480 e. The zero-order chi connectivity index (χ0) is 12.8. The molecule has 17 heavy (non-hydrogen) atoms. The van der Waals surface area contributed by atoms with Crippen molar-refractivity contribution in [2.45, 2.75) is 30.4 Å². The maximum absolute atomic E-state index is 10.7. The summed E-state index contributed by atoms with van der Waals surface area (Å²) in [6, 6.07) is 7.80. The van der Waals surface area contributed by atoms with Gasteiger partial charge >= 0.3 is 5.97 Å². The van der Waals surface area contributed by atoms with E-state index in [1.165, 1.54) is 23.1 Å². The van der Waals surface area contributed by atoms with Crippen LogP contribution >= 0.6 is 23.1 Å². The number of thioether (sulfide) groups is 1. The fraction of sp³-hybridized carbons (Fsp3) is 0.333. The standard InChI is InChI=1S/C10H9NO2S2.C2H6/c1-6(9(12)13)14-10-11-7-4-2-3-5-8(7)15-10;1-2/h2-6H,1H3,(H,12,13);1-2H3. The van der Waals surface area contributed by atoms with E-state index < -0.39 is 11.2 Å². The molecule has 2 aromatic rings. The molecule has 0 aliphatic carbocycles. The number of benzene rings is 1. The van der Waals surface area contributed by atoms with Gasteiger partial charge in [0.2, 0.25) is 0 Å². The van der Waals surface area contributed by atoms with Crippen LogP contribution in [-0.4, -0.2) is 21.3 Å². The van der Waals surface area contributed by atoms with E-state index in [1.807, 2.05) is 38.1 Å². The second-order valence-corrected chi connectivity index (χ2v) is 5.66. The lowest BCUT2D eigenvalue weighted by molar-refractivity contribution is -0.136. The SMILES string of the molecule is CC.CC(Sc1nc2ccccc2s1)C(=O)O. The first-order valence-electron chi connectivity index (χ1n) is 5.42. The summed E-state index contributed by atoms with van der Waals surface area (Å²) < 4.78 is 1.91. The quantitative estimate of drug-likeness (QED) is 0.859. The second kappa shape index (κ2) is 6.61. The molecule has 1 N–H and O–H groups in total. The van der Waals surface area contributed by atoms with Gasteiger partial charge in [0.1, 0.15) is 5.25 Å². The zero-order valence-electron chi connectivity index (χ0n) is 10.0. The first-order chi connectivity index (χ1) is 8.16. The van der Waals surface area contributed by atoms with E-state index in [2.05, 4.69) is 4.98 Å². The van der Waals surface area contributed by atoms with Crippen LogP contribution in [0.25, 0.3) is 10.2 Å². The van der Waals surface area contributed by atoms with E-state index in [0.717, 1.165) is 14.6 Å². The highest BCUT2D eigenvalue weighted by atomic mass is 32.2. The highest BCUT2D eigenvalue weighted by Gasteiger charge is 2.14. The van der Waals surface area contributed by atoms with Crippen LogP contribution in [0.1, 0.15) is 20.8 Å². The number of hydrogen-bond acceptors (Lipinski definition) is 4. The lowest BCUT2D eigenvalue weighted by Gasteiger charge is -2.00. The number of aromatic nitrogens is 1. The molecule has 1 atom stereocenters. The molecule has 5 heteroatoms. The lowest BCUT2D eigenvalue weighted by atomic mass is 10.3. The van der Waals surface area contributed by atoms with Gasteiger partial charge in [-0.3, -0.25) is 4.79 Å². The Hall–Kier alpha value is -1.07. The van der Waals surface area contributed by atoms with Crippen LogP contribution in [0.5, 0.6) is 0 Å². The van der Waals surface area contributed by atoms with Crippen molar-refractivity contribution in [3.05, 3.63) is 24.3 Å². The molecule has 0 spiro atoms. The van der Waals surface area contributed by atoms with Crippen molar-refractivity contribution in [3.8, 4) is 0 Å². The average Bonchev–Trinajstić information content (AvgIpc) is 2.73. The van der Waals surface area contributed by atoms with Crippen LogP contribution in [0.15, 0.2) is 28.6 Å². The second-order valence-electron chi connectivity index (χ2n) is 3.05. The summed E-state index contributed by atoms with van der Waals surface area (Å²) in [6.07, 6.45) is 0. The number of hydrogen-bond donors (Lipinski definition) is 1. The van der Waals surface area contributed by atoms with E-state index in [0.29, 0.717) is 0 Å². The van der Waals surface area contributed by atoms with Gasteiger partial charge < -0.3 is 5.11 Å². The monoisotopic (exact) mass is 269 g/mol. The van der Waals surface area contributed by atoms with E-state index in [1.54, 1.807) is 6.92 Å². The maximum atomic E-state index is 10.7. The van der Waals surface area contributed by atoms with Crippen molar-refractivity contribution in [1.29, 1.82) is 0 Å². The molecule has 1 heterocycles. The predicted molar refractivity (Wildman–Crippen MR) is 73.9 cm³/mol. The number of carbonyl (C=O) groups is 1. The van der Waals surface area contributed by atoms with Gasteiger partial charge in [-0.15, -0.1) is 11.3 Å². The normalized spacial score (nSPS) is 11.7. The molecule has 0 radical (unpaired) electrons. The molecule has 3 nitrogen and oxygen atoms in total. The van der Waals surface area contributed by atoms with Gasteiger partial charge in [-0.2, -0.15) is 0 Å². The Bertz CT molecular complexity index is 463. The van der Waals surface area contributed by atoms with Crippen LogP contribution < -0.4 is 0 Å². The number of carboxylic acid groups (broad SMARTS) is 1. The smallest absolute Gasteiger partial charge is 0.316 e. The minimum absolute atomic E-state index is 0.453. The average molecular weight is 269 g/mol. The number of aliphatic carboxylic acids is 1. The summed E-state index contributed by atoms with van der Waals surface area (Å²) in [5, 5.41) is 8.32. The first kappa shape index (κ1) is 14.0. The fourth-order valence-corrected chi connectivity index (χ4v) is 3.25. The number of thiazole rings is 1. The largest absolute Gasteiger partial charge is 0.480 e. The Labute approximate surface area is 109 Å². The van der Waals surface area contributed by atoms with E-state index in [9.17, 15) is 4.79 Å². The molecule has 0 aliphatic rings. The van der Waals surface area contributed by atoms with Gasteiger partial charge in [0, 0.05) is 0 Å². The van der Waals surface area contributed by atoms with Crippen molar-refractivity contribution in [1.82, 2.24) is 4.98 Å². The van der Waals surface area contributed by atoms with Crippen LogP contribution in [-0.2, 0) is 4.79 Å². The maximum Gasteiger partial charge on any atom is 0.316 e. The Balaban J connectivity index is 0.000000686. The number of carboxylic acids is 1. The van der Waals surface area contributed by atoms with Gasteiger partial charge in [0.25, 0.3) is 0 Å². The molecule has 0 amide bonds. The van der Waals surface area contributed by atoms with Crippen LogP contribution in [0.4, 0.5) is 0 Å². The minimum atomic E-state index is -0.806. The summed E-state index contributed by atoms with van der Waals surface area (Å²) in [4.78, 5) is 15.0. The molecule has 0 saturated heterocycles. The van der Waals surface area contributed by atoms with Gasteiger partial charge in [0.05, 0.1) is 10.2 Å². The highest BCUT2D eigenvalue weighted by Crippen LogP contribution is 2.31. The Morgan fingerprint density at radius 1 is 1.41 bits per heavy atom. The first-order valence-corrected chi connectivity index (χ1v) is 7.11. The Morgan fingerprint density at radius 3 is 2.65 bits per heavy atom. The van der Waals surface area contributed by atoms with Crippen molar-refractivity contribution in [2.24, 2.45) is 0 Å². The number of nitrogens with zero attached hydrogens (tertiary/aromatic N) is 1. The molecule has 0 saturated carbocycles. The van der Waals surface area contributed by atoms with Crippen molar-refractivity contribution in [3.63, 3.8) is 0 Å². The summed E-state index contributed by atoms with van der Waals surface area (Å²) >= 11 is 2.82.